The molecule has 0 amide bonds. The zero-order chi connectivity index (χ0) is 32.4. The summed E-state index contributed by atoms with van der Waals surface area (Å²) in [6.45, 7) is 4.04. The molecule has 0 heterocycles. The third-order valence-corrected chi connectivity index (χ3v) is 8.35. The Balaban J connectivity index is 0. The highest BCUT2D eigenvalue weighted by Gasteiger charge is 2.22. The van der Waals surface area contributed by atoms with Crippen molar-refractivity contribution in [3.63, 3.8) is 0 Å². The van der Waals surface area contributed by atoms with E-state index in [9.17, 15) is 15.3 Å². The first-order valence-electron chi connectivity index (χ1n) is 18.3. The Labute approximate surface area is 266 Å². The number of hydrogen-bond acceptors (Lipinski definition) is 7. The van der Waals surface area contributed by atoms with Gasteiger partial charge in [-0.1, -0.05) is 167 Å². The quantitative estimate of drug-likeness (QED) is 0.0326. The van der Waals surface area contributed by atoms with Crippen molar-refractivity contribution < 1.29 is 25.5 Å². The second kappa shape index (κ2) is 35.9. The normalized spacial score (nSPS) is 15.2. The molecule has 0 radical (unpaired) electrons. The molecule has 0 spiro atoms. The fourth-order valence-electron chi connectivity index (χ4n) is 5.17. The first-order chi connectivity index (χ1) is 20.8. The smallest absolute Gasteiger partial charge is 0.0971 e. The van der Waals surface area contributed by atoms with Gasteiger partial charge in [-0.3, -0.25) is 0 Å². The molecule has 0 bridgehead atoms. The van der Waals surface area contributed by atoms with Crippen molar-refractivity contribution in [3.05, 3.63) is 12.2 Å². The van der Waals surface area contributed by atoms with E-state index in [-0.39, 0.29) is 13.2 Å². The molecule has 5 unspecified atom stereocenters. The van der Waals surface area contributed by atoms with Gasteiger partial charge in [0.1, 0.15) is 0 Å². The van der Waals surface area contributed by atoms with Crippen molar-refractivity contribution in [2.75, 3.05) is 13.2 Å². The first kappa shape index (κ1) is 44.6. The maximum Gasteiger partial charge on any atom is 0.0971 e. The molecule has 5 atom stereocenters. The maximum atomic E-state index is 9.74. The third-order valence-electron chi connectivity index (χ3n) is 8.35. The second-order valence-corrected chi connectivity index (χ2v) is 12.7. The van der Waals surface area contributed by atoms with Crippen LogP contribution in [0.1, 0.15) is 174 Å². The van der Waals surface area contributed by atoms with E-state index in [1.54, 1.807) is 6.08 Å². The van der Waals surface area contributed by atoms with Gasteiger partial charge in [0, 0.05) is 0 Å². The summed E-state index contributed by atoms with van der Waals surface area (Å²) in [7, 11) is 0. The van der Waals surface area contributed by atoms with Crippen molar-refractivity contribution in [2.45, 2.75) is 205 Å². The molecule has 260 valence electrons. The summed E-state index contributed by atoms with van der Waals surface area (Å²) in [4.78, 5) is 0. The van der Waals surface area contributed by atoms with E-state index >= 15 is 0 Å². The van der Waals surface area contributed by atoms with Gasteiger partial charge >= 0.3 is 0 Å². The summed E-state index contributed by atoms with van der Waals surface area (Å²) >= 11 is 0. The van der Waals surface area contributed by atoms with Crippen LogP contribution < -0.4 is 11.5 Å². The monoisotopic (exact) mass is 617 g/mol. The minimum Gasteiger partial charge on any atom is -0.395 e. The Kier molecular flexibility index (Phi) is 37.3. The van der Waals surface area contributed by atoms with Crippen molar-refractivity contribution in [1.29, 1.82) is 0 Å². The van der Waals surface area contributed by atoms with Gasteiger partial charge in [0.05, 0.1) is 43.6 Å². The van der Waals surface area contributed by atoms with Gasteiger partial charge < -0.3 is 37.0 Å². The predicted molar refractivity (Wildman–Crippen MR) is 184 cm³/mol. The topological polar surface area (TPSA) is 153 Å². The Bertz CT molecular complexity index is 552. The zero-order valence-corrected chi connectivity index (χ0v) is 28.5. The highest BCUT2D eigenvalue weighted by Crippen LogP contribution is 2.15. The number of aliphatic hydroxyl groups excluding tert-OH is 5. The van der Waals surface area contributed by atoms with Crippen LogP contribution in [0.3, 0.4) is 0 Å². The highest BCUT2D eigenvalue weighted by atomic mass is 16.3. The van der Waals surface area contributed by atoms with Gasteiger partial charge in [-0.2, -0.15) is 0 Å². The van der Waals surface area contributed by atoms with E-state index in [4.69, 9.17) is 21.7 Å². The van der Waals surface area contributed by atoms with Gasteiger partial charge in [0.15, 0.2) is 0 Å². The molecule has 0 aliphatic heterocycles. The van der Waals surface area contributed by atoms with Crippen LogP contribution >= 0.6 is 0 Å². The summed E-state index contributed by atoms with van der Waals surface area (Å²) in [6.07, 6.45) is 32.9. The van der Waals surface area contributed by atoms with E-state index in [1.807, 2.05) is 6.08 Å². The van der Waals surface area contributed by atoms with Crippen LogP contribution in [0.4, 0.5) is 0 Å². The SMILES string of the molecule is CCCCCCCCCCCCC/C=C/C(O)C(N)CO.CCCCCCCCCCCCCCC(O)C(O)C(N)CO. The molecule has 0 rings (SSSR count). The van der Waals surface area contributed by atoms with Crippen LogP contribution in [0.5, 0.6) is 0 Å². The highest BCUT2D eigenvalue weighted by molar-refractivity contribution is 4.93. The van der Waals surface area contributed by atoms with Crippen LogP contribution in [0.25, 0.3) is 0 Å². The first-order valence-corrected chi connectivity index (χ1v) is 18.3. The standard InChI is InChI=1S/C18H39NO3.C18H37NO2/c1-2-3-4-5-6-7-8-9-10-11-12-13-14-17(21)18(22)16(19)15-20;1-2-3-4-5-6-7-8-9-10-11-12-13-14-15-18(21)17(19)16-20/h16-18,20-22H,2-15,19H2,1H3;14-15,17-18,20-21H,2-13,16,19H2,1H3/b;15-14+. The van der Waals surface area contributed by atoms with E-state index in [2.05, 4.69) is 13.8 Å². The molecular formula is C36H76N2O5. The van der Waals surface area contributed by atoms with Crippen LogP contribution in [0.2, 0.25) is 0 Å². The minimum absolute atomic E-state index is 0.177. The number of aliphatic hydroxyl groups is 5. The summed E-state index contributed by atoms with van der Waals surface area (Å²) < 4.78 is 0. The Morgan fingerprint density at radius 1 is 0.488 bits per heavy atom. The zero-order valence-electron chi connectivity index (χ0n) is 28.5. The predicted octanol–water partition coefficient (Wildman–Crippen LogP) is 7.04. The van der Waals surface area contributed by atoms with Gasteiger partial charge in [0.2, 0.25) is 0 Å². The Morgan fingerprint density at radius 3 is 1.21 bits per heavy atom. The number of nitrogens with two attached hydrogens (primary N) is 2. The minimum atomic E-state index is -1.02. The lowest BCUT2D eigenvalue weighted by molar-refractivity contribution is -0.0121. The molecule has 0 aliphatic carbocycles. The summed E-state index contributed by atoms with van der Waals surface area (Å²) in [5.74, 6) is 0. The molecule has 9 N–H and O–H groups in total. The van der Waals surface area contributed by atoms with Crippen molar-refractivity contribution in [1.82, 2.24) is 0 Å². The maximum absolute atomic E-state index is 9.74. The molecule has 0 aromatic rings. The van der Waals surface area contributed by atoms with E-state index < -0.39 is 30.4 Å². The molecule has 0 aliphatic rings. The number of allylic oxidation sites excluding steroid dienone is 1. The average Bonchev–Trinajstić information content (AvgIpc) is 3.02. The molecule has 0 aromatic heterocycles. The molecule has 43 heavy (non-hydrogen) atoms. The third kappa shape index (κ3) is 32.7. The number of hydrogen-bond donors (Lipinski definition) is 7. The van der Waals surface area contributed by atoms with Crippen LogP contribution in [0.15, 0.2) is 12.2 Å². The number of unbranched alkanes of at least 4 members (excludes halogenated alkanes) is 22. The molecular weight excluding hydrogens is 540 g/mol. The van der Waals surface area contributed by atoms with Crippen molar-refractivity contribution >= 4 is 0 Å². The molecule has 0 fully saturated rings. The lowest BCUT2D eigenvalue weighted by Gasteiger charge is -2.22. The van der Waals surface area contributed by atoms with Crippen molar-refractivity contribution in [3.8, 4) is 0 Å². The fraction of sp³-hybridized carbons (Fsp3) is 0.944. The summed E-state index contributed by atoms with van der Waals surface area (Å²) in [5.41, 5.74) is 11.0. The Morgan fingerprint density at radius 2 is 0.837 bits per heavy atom. The Hall–Kier alpha value is -0.540. The van der Waals surface area contributed by atoms with Crippen LogP contribution in [-0.4, -0.2) is 69.1 Å². The fourth-order valence-corrected chi connectivity index (χ4v) is 5.17. The molecule has 0 aromatic carbocycles. The lowest BCUT2D eigenvalue weighted by Crippen LogP contribution is -2.45. The van der Waals surface area contributed by atoms with E-state index in [0.717, 1.165) is 19.3 Å². The van der Waals surface area contributed by atoms with Gasteiger partial charge in [-0.05, 0) is 19.3 Å². The molecule has 7 heteroatoms. The summed E-state index contributed by atoms with van der Waals surface area (Å²) in [5, 5.41) is 46.5. The average molecular weight is 617 g/mol. The second-order valence-electron chi connectivity index (χ2n) is 12.7. The molecule has 0 saturated heterocycles. The van der Waals surface area contributed by atoms with Crippen LogP contribution in [-0.2, 0) is 0 Å². The van der Waals surface area contributed by atoms with Crippen molar-refractivity contribution in [2.24, 2.45) is 11.5 Å². The van der Waals surface area contributed by atoms with Gasteiger partial charge in [-0.15, -0.1) is 0 Å². The van der Waals surface area contributed by atoms with E-state index in [0.29, 0.717) is 6.42 Å². The van der Waals surface area contributed by atoms with E-state index in [1.165, 1.54) is 135 Å². The van der Waals surface area contributed by atoms with Gasteiger partial charge in [0.25, 0.3) is 0 Å². The number of rotatable bonds is 31. The lowest BCUT2D eigenvalue weighted by atomic mass is 10.00. The van der Waals surface area contributed by atoms with Gasteiger partial charge in [-0.25, -0.2) is 0 Å². The molecule has 7 nitrogen and oxygen atoms in total. The molecule has 0 saturated carbocycles. The van der Waals surface area contributed by atoms with Crippen LogP contribution in [0, 0.1) is 0 Å². The largest absolute Gasteiger partial charge is 0.395 e. The summed E-state index contributed by atoms with van der Waals surface area (Å²) in [6, 6.07) is -1.30.